The maximum Gasteiger partial charge on any atom is 0.165 e. The maximum atomic E-state index is 9.51. The Labute approximate surface area is 76.9 Å². The minimum absolute atomic E-state index is 0.372. The molecule has 0 aliphatic heterocycles. The molecule has 74 valence electrons. The lowest BCUT2D eigenvalue weighted by Gasteiger charge is -2.15. The fraction of sp³-hybridized carbons (Fsp3) is 0.714. The van der Waals surface area contributed by atoms with Crippen LogP contribution in [0.5, 0.6) is 0 Å². The van der Waals surface area contributed by atoms with Gasteiger partial charge in [0.2, 0.25) is 0 Å². The van der Waals surface area contributed by atoms with Gasteiger partial charge in [-0.2, -0.15) is 0 Å². The molecule has 0 amide bonds. The number of nitrogens with two attached hydrogens (primary N) is 1. The van der Waals surface area contributed by atoms with Crippen molar-refractivity contribution in [1.82, 2.24) is 19.9 Å². The van der Waals surface area contributed by atoms with Crippen LogP contribution < -0.4 is 5.73 Å². The molecule has 1 aromatic heterocycles. The van der Waals surface area contributed by atoms with Gasteiger partial charge >= 0.3 is 0 Å². The van der Waals surface area contributed by atoms with Crippen molar-refractivity contribution in [2.45, 2.75) is 12.6 Å². The number of aliphatic hydroxyl groups excluding tert-OH is 1. The number of hydrogen-bond donors (Lipinski definition) is 2. The van der Waals surface area contributed by atoms with E-state index in [0.29, 0.717) is 18.9 Å². The van der Waals surface area contributed by atoms with Crippen molar-refractivity contribution in [3.63, 3.8) is 0 Å². The SMILES string of the molecule is CN(C)CC(O)Cn1cc(N)nn1. The average Bonchev–Trinajstić information content (AvgIpc) is 2.33. The monoisotopic (exact) mass is 185 g/mol. The van der Waals surface area contributed by atoms with Crippen LogP contribution in [0, 0.1) is 0 Å². The first-order valence-electron chi connectivity index (χ1n) is 4.06. The highest BCUT2D eigenvalue weighted by molar-refractivity contribution is 5.19. The second-order valence-corrected chi connectivity index (χ2v) is 3.28. The molecule has 1 heterocycles. The van der Waals surface area contributed by atoms with Crippen LogP contribution in [0.15, 0.2) is 6.20 Å². The minimum Gasteiger partial charge on any atom is -0.390 e. The highest BCUT2D eigenvalue weighted by Crippen LogP contribution is 1.96. The van der Waals surface area contributed by atoms with Crippen molar-refractivity contribution in [3.8, 4) is 0 Å². The first kappa shape index (κ1) is 9.94. The smallest absolute Gasteiger partial charge is 0.165 e. The molecule has 0 radical (unpaired) electrons. The zero-order valence-electron chi connectivity index (χ0n) is 7.88. The molecule has 0 spiro atoms. The fourth-order valence-electron chi connectivity index (χ4n) is 1.10. The topological polar surface area (TPSA) is 80.2 Å². The lowest BCUT2D eigenvalue weighted by Crippen LogP contribution is -2.29. The molecular formula is C7H15N5O. The molecule has 0 saturated carbocycles. The number of hydrogen-bond acceptors (Lipinski definition) is 5. The van der Waals surface area contributed by atoms with E-state index in [9.17, 15) is 5.11 Å². The second-order valence-electron chi connectivity index (χ2n) is 3.28. The van der Waals surface area contributed by atoms with Crippen molar-refractivity contribution in [2.24, 2.45) is 0 Å². The second kappa shape index (κ2) is 4.20. The number of nitrogens with zero attached hydrogens (tertiary/aromatic N) is 4. The van der Waals surface area contributed by atoms with E-state index in [1.807, 2.05) is 19.0 Å². The Morgan fingerprint density at radius 1 is 1.69 bits per heavy atom. The summed E-state index contributed by atoms with van der Waals surface area (Å²) in [7, 11) is 3.80. The third-order valence-corrected chi connectivity index (χ3v) is 1.53. The van der Waals surface area contributed by atoms with Crippen LogP contribution in [-0.4, -0.2) is 51.7 Å². The first-order valence-corrected chi connectivity index (χ1v) is 4.06. The summed E-state index contributed by atoms with van der Waals surface area (Å²) in [4.78, 5) is 1.91. The van der Waals surface area contributed by atoms with Crippen LogP contribution in [0.3, 0.4) is 0 Å². The Balaban J connectivity index is 2.40. The van der Waals surface area contributed by atoms with Gasteiger partial charge in [0.05, 0.1) is 18.8 Å². The van der Waals surface area contributed by atoms with Crippen molar-refractivity contribution in [2.75, 3.05) is 26.4 Å². The lowest BCUT2D eigenvalue weighted by molar-refractivity contribution is 0.115. The third-order valence-electron chi connectivity index (χ3n) is 1.53. The number of aliphatic hydroxyl groups is 1. The Hall–Kier alpha value is -1.14. The van der Waals surface area contributed by atoms with E-state index in [0.717, 1.165) is 0 Å². The van der Waals surface area contributed by atoms with Gasteiger partial charge in [-0.3, -0.25) is 0 Å². The molecular weight excluding hydrogens is 170 g/mol. The van der Waals surface area contributed by atoms with Crippen LogP contribution >= 0.6 is 0 Å². The van der Waals surface area contributed by atoms with Crippen molar-refractivity contribution < 1.29 is 5.11 Å². The zero-order chi connectivity index (χ0) is 9.84. The molecule has 13 heavy (non-hydrogen) atoms. The van der Waals surface area contributed by atoms with Gasteiger partial charge in [0, 0.05) is 6.54 Å². The van der Waals surface area contributed by atoms with E-state index >= 15 is 0 Å². The number of aromatic nitrogens is 3. The number of anilines is 1. The molecule has 0 aromatic carbocycles. The van der Waals surface area contributed by atoms with Gasteiger partial charge in [0.15, 0.2) is 5.82 Å². The summed E-state index contributed by atoms with van der Waals surface area (Å²) >= 11 is 0. The lowest BCUT2D eigenvalue weighted by atomic mass is 10.3. The van der Waals surface area contributed by atoms with Crippen molar-refractivity contribution in [3.05, 3.63) is 6.20 Å². The van der Waals surface area contributed by atoms with Crippen LogP contribution in [0.1, 0.15) is 0 Å². The molecule has 6 heteroatoms. The molecule has 1 aromatic rings. The fourth-order valence-corrected chi connectivity index (χ4v) is 1.10. The van der Waals surface area contributed by atoms with Crippen LogP contribution in [0.4, 0.5) is 5.82 Å². The predicted octanol–water partition coefficient (Wildman–Crippen LogP) is -1.22. The summed E-state index contributed by atoms with van der Waals surface area (Å²) in [6, 6.07) is 0. The van der Waals surface area contributed by atoms with Crippen molar-refractivity contribution >= 4 is 5.82 Å². The molecule has 0 bridgehead atoms. The van der Waals surface area contributed by atoms with Crippen LogP contribution in [0.25, 0.3) is 0 Å². The summed E-state index contributed by atoms with van der Waals surface area (Å²) in [6.45, 7) is 1.02. The number of nitrogen functional groups attached to an aromatic ring is 1. The van der Waals surface area contributed by atoms with Gasteiger partial charge in [-0.1, -0.05) is 5.21 Å². The van der Waals surface area contributed by atoms with Gasteiger partial charge < -0.3 is 15.7 Å². The molecule has 6 nitrogen and oxygen atoms in total. The standard InChI is InChI=1S/C7H15N5O/c1-11(2)3-6(13)4-12-5-7(8)9-10-12/h5-6,13H,3-4,8H2,1-2H3. The molecule has 1 atom stereocenters. The Morgan fingerprint density at radius 3 is 2.85 bits per heavy atom. The molecule has 1 rings (SSSR count). The third kappa shape index (κ3) is 3.39. The first-order chi connectivity index (χ1) is 6.08. The van der Waals surface area contributed by atoms with E-state index < -0.39 is 6.10 Å². The number of likely N-dealkylation sites (N-methyl/N-ethyl adjacent to an activating group) is 1. The molecule has 3 N–H and O–H groups in total. The van der Waals surface area contributed by atoms with Gasteiger partial charge in [-0.15, -0.1) is 5.10 Å². The van der Waals surface area contributed by atoms with Crippen molar-refractivity contribution in [1.29, 1.82) is 0 Å². The highest BCUT2D eigenvalue weighted by Gasteiger charge is 2.07. The molecule has 0 aliphatic carbocycles. The Bertz CT molecular complexity index is 259. The summed E-state index contributed by atoms with van der Waals surface area (Å²) in [5.41, 5.74) is 5.37. The summed E-state index contributed by atoms with van der Waals surface area (Å²) in [5, 5.41) is 16.9. The van der Waals surface area contributed by atoms with Crippen LogP contribution in [-0.2, 0) is 6.54 Å². The van der Waals surface area contributed by atoms with Gasteiger partial charge in [-0.25, -0.2) is 4.68 Å². The van der Waals surface area contributed by atoms with E-state index in [4.69, 9.17) is 5.73 Å². The van der Waals surface area contributed by atoms with E-state index in [-0.39, 0.29) is 0 Å². The molecule has 0 aliphatic rings. The van der Waals surface area contributed by atoms with E-state index in [1.165, 1.54) is 4.68 Å². The Kier molecular flexibility index (Phi) is 3.21. The maximum absolute atomic E-state index is 9.51. The number of rotatable bonds is 4. The zero-order valence-corrected chi connectivity index (χ0v) is 7.88. The summed E-state index contributed by atoms with van der Waals surface area (Å²) < 4.78 is 1.53. The largest absolute Gasteiger partial charge is 0.390 e. The summed E-state index contributed by atoms with van der Waals surface area (Å²) in [6.07, 6.45) is 1.15. The highest BCUT2D eigenvalue weighted by atomic mass is 16.3. The van der Waals surface area contributed by atoms with E-state index in [2.05, 4.69) is 10.3 Å². The molecule has 0 fully saturated rings. The van der Waals surface area contributed by atoms with Gasteiger partial charge in [0.1, 0.15) is 0 Å². The molecule has 0 saturated heterocycles. The molecule has 1 unspecified atom stereocenters. The minimum atomic E-state index is -0.448. The summed E-state index contributed by atoms with van der Waals surface area (Å²) in [5.74, 6) is 0.372. The van der Waals surface area contributed by atoms with E-state index in [1.54, 1.807) is 6.20 Å². The van der Waals surface area contributed by atoms with Crippen LogP contribution in [0.2, 0.25) is 0 Å². The normalized spacial score (nSPS) is 13.5. The predicted molar refractivity (Wildman–Crippen MR) is 49.0 cm³/mol. The van der Waals surface area contributed by atoms with Gasteiger partial charge in [0.25, 0.3) is 0 Å². The Morgan fingerprint density at radius 2 is 2.38 bits per heavy atom. The van der Waals surface area contributed by atoms with Gasteiger partial charge in [-0.05, 0) is 14.1 Å². The average molecular weight is 185 g/mol. The quantitative estimate of drug-likeness (QED) is 0.614.